The van der Waals surface area contributed by atoms with Crippen molar-refractivity contribution in [1.82, 2.24) is 0 Å². The number of imide groups is 1. The Bertz CT molecular complexity index is 1030. The molecule has 2 saturated carbocycles. The summed E-state index contributed by atoms with van der Waals surface area (Å²) in [5.74, 6) is 2.90. The van der Waals surface area contributed by atoms with Gasteiger partial charge in [-0.3, -0.25) is 14.5 Å². The lowest BCUT2D eigenvalue weighted by atomic mass is 9.63. The zero-order valence-corrected chi connectivity index (χ0v) is 16.5. The van der Waals surface area contributed by atoms with Crippen LogP contribution in [0.3, 0.4) is 0 Å². The third kappa shape index (κ3) is 2.32. The molecule has 1 aliphatic heterocycles. The van der Waals surface area contributed by atoms with Crippen molar-refractivity contribution in [3.63, 3.8) is 0 Å². The summed E-state index contributed by atoms with van der Waals surface area (Å²) >= 11 is 0. The summed E-state index contributed by atoms with van der Waals surface area (Å²) in [5, 5.41) is 0. The van der Waals surface area contributed by atoms with Gasteiger partial charge in [-0.05, 0) is 85.4 Å². The van der Waals surface area contributed by atoms with E-state index in [4.69, 9.17) is 4.74 Å². The predicted octanol–water partition coefficient (Wildman–Crippen LogP) is 4.65. The number of rotatable bonds is 3. The highest BCUT2D eigenvalue weighted by Crippen LogP contribution is 2.65. The molecule has 1 heterocycles. The first-order chi connectivity index (χ1) is 14.0. The van der Waals surface area contributed by atoms with Gasteiger partial charge in [0.1, 0.15) is 11.5 Å². The number of amides is 2. The molecule has 0 radical (unpaired) electrons. The van der Waals surface area contributed by atoms with Gasteiger partial charge in [-0.1, -0.05) is 24.3 Å². The number of hydrogen-bond acceptors (Lipinski definition) is 3. The van der Waals surface area contributed by atoms with Crippen molar-refractivity contribution in [2.75, 3.05) is 4.90 Å². The Morgan fingerprint density at radius 2 is 1.48 bits per heavy atom. The molecule has 3 fully saturated rings. The van der Waals surface area contributed by atoms with E-state index in [9.17, 15) is 9.59 Å². The van der Waals surface area contributed by atoms with Crippen LogP contribution in [-0.4, -0.2) is 11.8 Å². The Morgan fingerprint density at radius 3 is 2.10 bits per heavy atom. The first-order valence-electron chi connectivity index (χ1n) is 10.4. The van der Waals surface area contributed by atoms with Gasteiger partial charge in [-0.2, -0.15) is 0 Å². The van der Waals surface area contributed by atoms with E-state index in [1.165, 1.54) is 16.9 Å². The van der Waals surface area contributed by atoms with E-state index in [1.807, 2.05) is 43.3 Å². The maximum Gasteiger partial charge on any atom is 0.238 e. The summed E-state index contributed by atoms with van der Waals surface area (Å²) in [5.41, 5.74) is 2.93. The van der Waals surface area contributed by atoms with Gasteiger partial charge in [0.15, 0.2) is 0 Å². The van der Waals surface area contributed by atoms with Gasteiger partial charge < -0.3 is 4.74 Å². The third-order valence-corrected chi connectivity index (χ3v) is 7.54. The smallest absolute Gasteiger partial charge is 0.238 e. The van der Waals surface area contributed by atoms with Gasteiger partial charge in [-0.25, -0.2) is 0 Å². The van der Waals surface area contributed by atoms with Crippen LogP contribution in [0.25, 0.3) is 0 Å². The molecule has 2 aromatic rings. The Hall–Kier alpha value is -2.88. The minimum absolute atomic E-state index is 0.0205. The molecule has 5 aliphatic rings. The van der Waals surface area contributed by atoms with E-state index in [0.29, 0.717) is 23.3 Å². The molecule has 2 amide bonds. The molecule has 4 aliphatic carbocycles. The summed E-state index contributed by atoms with van der Waals surface area (Å²) in [6, 6.07) is 13.3. The van der Waals surface area contributed by atoms with E-state index in [0.717, 1.165) is 11.3 Å². The molecule has 6 atom stereocenters. The van der Waals surface area contributed by atoms with Crippen molar-refractivity contribution in [2.45, 2.75) is 20.3 Å². The zero-order chi connectivity index (χ0) is 19.9. The van der Waals surface area contributed by atoms with Crippen LogP contribution in [0, 0.1) is 49.4 Å². The van der Waals surface area contributed by atoms with Crippen molar-refractivity contribution in [3.8, 4) is 11.5 Å². The predicted molar refractivity (Wildman–Crippen MR) is 110 cm³/mol. The normalized spacial score (nSPS) is 33.7. The van der Waals surface area contributed by atoms with Gasteiger partial charge in [0.05, 0.1) is 17.5 Å². The number of hydrogen-bond donors (Lipinski definition) is 0. The van der Waals surface area contributed by atoms with Gasteiger partial charge in [0, 0.05) is 0 Å². The number of anilines is 1. The number of allylic oxidation sites excluding steroid dienone is 2. The van der Waals surface area contributed by atoms with E-state index in [1.54, 1.807) is 0 Å². The number of benzene rings is 2. The summed E-state index contributed by atoms with van der Waals surface area (Å²) in [6.45, 7) is 4.09. The zero-order valence-electron chi connectivity index (χ0n) is 16.5. The largest absolute Gasteiger partial charge is 0.457 e. The maximum absolute atomic E-state index is 13.2. The molecule has 0 aromatic heterocycles. The Kier molecular flexibility index (Phi) is 3.41. The fraction of sp³-hybridized carbons (Fsp3) is 0.360. The second-order valence-corrected chi connectivity index (χ2v) is 8.96. The molecule has 2 aromatic carbocycles. The highest BCUT2D eigenvalue weighted by atomic mass is 16.5. The lowest BCUT2D eigenvalue weighted by molar-refractivity contribution is -0.124. The minimum atomic E-state index is -0.160. The van der Waals surface area contributed by atoms with Gasteiger partial charge in [0.2, 0.25) is 11.8 Å². The monoisotopic (exact) mass is 385 g/mol. The molecule has 2 bridgehead atoms. The number of carbonyl (C=O) groups is 2. The van der Waals surface area contributed by atoms with E-state index in [2.05, 4.69) is 25.1 Å². The lowest BCUT2D eigenvalue weighted by Crippen LogP contribution is -2.40. The summed E-state index contributed by atoms with van der Waals surface area (Å²) < 4.78 is 6.02. The highest BCUT2D eigenvalue weighted by molar-refractivity contribution is 6.22. The molecule has 0 unspecified atom stereocenters. The third-order valence-electron chi connectivity index (χ3n) is 7.54. The van der Waals surface area contributed by atoms with Crippen LogP contribution in [0.2, 0.25) is 0 Å². The molecule has 0 spiro atoms. The first-order valence-corrected chi connectivity index (χ1v) is 10.4. The van der Waals surface area contributed by atoms with E-state index >= 15 is 0 Å². The van der Waals surface area contributed by atoms with Crippen molar-refractivity contribution in [3.05, 3.63) is 65.7 Å². The summed E-state index contributed by atoms with van der Waals surface area (Å²) in [4.78, 5) is 27.8. The van der Waals surface area contributed by atoms with Crippen LogP contribution in [0.4, 0.5) is 5.69 Å². The second-order valence-electron chi connectivity index (χ2n) is 8.96. The minimum Gasteiger partial charge on any atom is -0.457 e. The summed E-state index contributed by atoms with van der Waals surface area (Å²) in [6.07, 6.45) is 5.59. The van der Waals surface area contributed by atoms with Crippen LogP contribution >= 0.6 is 0 Å². The highest BCUT2D eigenvalue weighted by Gasteiger charge is 2.67. The molecular formula is C25H23NO3. The maximum atomic E-state index is 13.2. The fourth-order valence-corrected chi connectivity index (χ4v) is 5.84. The van der Waals surface area contributed by atoms with Gasteiger partial charge in [0.25, 0.3) is 0 Å². The molecule has 1 saturated heterocycles. The van der Waals surface area contributed by atoms with Crippen molar-refractivity contribution in [1.29, 1.82) is 0 Å². The Labute approximate surface area is 170 Å². The molecular weight excluding hydrogens is 362 g/mol. The second kappa shape index (κ2) is 5.82. The van der Waals surface area contributed by atoms with Crippen LogP contribution < -0.4 is 9.64 Å². The first kappa shape index (κ1) is 17.0. The lowest BCUT2D eigenvalue weighted by Gasteiger charge is -2.37. The summed E-state index contributed by atoms with van der Waals surface area (Å²) in [7, 11) is 0. The average molecular weight is 385 g/mol. The molecule has 0 N–H and O–H groups in total. The number of nitrogens with zero attached hydrogens (tertiary/aromatic N) is 1. The van der Waals surface area contributed by atoms with Crippen LogP contribution in [0.1, 0.15) is 17.5 Å². The fourth-order valence-electron chi connectivity index (χ4n) is 5.84. The van der Waals surface area contributed by atoms with Crippen LogP contribution in [0.5, 0.6) is 11.5 Å². The standard InChI is InChI=1S/C25H23NO3/c1-13-4-3-5-21(14(13)2)29-16-8-6-15(7-9-16)26-24(27)22-17-10-11-18(20-12-19(17)20)23(22)25(26)28/h3-11,17-20,22-23H,12H2,1-2H3/t17-,18-,19-,20+,22-,23-/m1/s1. The average Bonchev–Trinajstić information content (AvgIpc) is 3.50. The van der Waals surface area contributed by atoms with E-state index in [-0.39, 0.29) is 35.5 Å². The molecule has 29 heavy (non-hydrogen) atoms. The van der Waals surface area contributed by atoms with Gasteiger partial charge in [-0.15, -0.1) is 0 Å². The number of aryl methyl sites for hydroxylation is 1. The molecule has 4 nitrogen and oxygen atoms in total. The topological polar surface area (TPSA) is 46.6 Å². The molecule has 7 rings (SSSR count). The number of carbonyl (C=O) groups excluding carboxylic acids is 2. The quantitative estimate of drug-likeness (QED) is 0.571. The van der Waals surface area contributed by atoms with Gasteiger partial charge >= 0.3 is 0 Å². The van der Waals surface area contributed by atoms with Crippen LogP contribution in [0.15, 0.2) is 54.6 Å². The molecule has 4 heteroatoms. The van der Waals surface area contributed by atoms with E-state index < -0.39 is 0 Å². The SMILES string of the molecule is Cc1cccc(Oc2ccc(N3C(=O)[C@@H]4[C@@H]5C=C[C@H]([C@@H]6C[C@H]56)[C@H]4C3=O)cc2)c1C. The molecule has 146 valence electrons. The Morgan fingerprint density at radius 1 is 0.862 bits per heavy atom. The van der Waals surface area contributed by atoms with Crippen molar-refractivity contribution >= 4 is 17.5 Å². The Balaban J connectivity index is 1.27. The van der Waals surface area contributed by atoms with Crippen molar-refractivity contribution < 1.29 is 14.3 Å². The van der Waals surface area contributed by atoms with Crippen LogP contribution in [-0.2, 0) is 9.59 Å². The van der Waals surface area contributed by atoms with Crippen molar-refractivity contribution in [2.24, 2.45) is 35.5 Å². The number of ether oxygens (including phenoxy) is 1.